The Bertz CT molecular complexity index is 1530. The Morgan fingerprint density at radius 2 is 1.58 bits per heavy atom. The SMILES string of the molecule is COc1cc(OC)cc(-c2cc3nc(-c4ccccc4)cc(NCc4ccc5c(c4)OCO5)n3n2)c1. The number of ether oxygens (including phenoxy) is 4. The third-order valence-electron chi connectivity index (χ3n) is 6.05. The highest BCUT2D eigenvalue weighted by Crippen LogP contribution is 2.34. The van der Waals surface area contributed by atoms with Crippen LogP contribution in [0.5, 0.6) is 23.0 Å². The third kappa shape index (κ3) is 4.13. The molecule has 0 amide bonds. The van der Waals surface area contributed by atoms with E-state index in [1.165, 1.54) is 0 Å². The van der Waals surface area contributed by atoms with Crippen LogP contribution in [0.3, 0.4) is 0 Å². The molecule has 0 unspecified atom stereocenters. The highest BCUT2D eigenvalue weighted by molar-refractivity contribution is 5.72. The van der Waals surface area contributed by atoms with Gasteiger partial charge in [-0.15, -0.1) is 0 Å². The molecule has 0 aliphatic carbocycles. The monoisotopic (exact) mass is 480 g/mol. The van der Waals surface area contributed by atoms with E-state index in [4.69, 9.17) is 29.0 Å². The van der Waals surface area contributed by atoms with Crippen LogP contribution in [-0.4, -0.2) is 35.6 Å². The van der Waals surface area contributed by atoms with Crippen molar-refractivity contribution in [2.75, 3.05) is 26.3 Å². The molecule has 0 radical (unpaired) electrons. The summed E-state index contributed by atoms with van der Waals surface area (Å²) in [5, 5.41) is 8.40. The molecule has 0 fully saturated rings. The Morgan fingerprint density at radius 3 is 2.36 bits per heavy atom. The molecule has 2 aromatic heterocycles. The van der Waals surface area contributed by atoms with Crippen LogP contribution in [0.25, 0.3) is 28.2 Å². The molecule has 8 heteroatoms. The summed E-state index contributed by atoms with van der Waals surface area (Å²) in [7, 11) is 3.27. The van der Waals surface area contributed by atoms with Gasteiger partial charge >= 0.3 is 0 Å². The molecular weight excluding hydrogens is 456 g/mol. The van der Waals surface area contributed by atoms with Crippen LogP contribution in [0.15, 0.2) is 78.9 Å². The minimum atomic E-state index is 0.253. The average molecular weight is 481 g/mol. The third-order valence-corrected chi connectivity index (χ3v) is 6.05. The van der Waals surface area contributed by atoms with Crippen molar-refractivity contribution in [2.45, 2.75) is 6.54 Å². The molecule has 0 spiro atoms. The van der Waals surface area contributed by atoms with Gasteiger partial charge in [0.2, 0.25) is 6.79 Å². The first-order chi connectivity index (χ1) is 17.7. The van der Waals surface area contributed by atoms with Crippen LogP contribution in [-0.2, 0) is 6.54 Å². The van der Waals surface area contributed by atoms with E-state index in [2.05, 4.69) is 5.32 Å². The van der Waals surface area contributed by atoms with E-state index < -0.39 is 0 Å². The molecule has 0 saturated carbocycles. The lowest BCUT2D eigenvalue weighted by molar-refractivity contribution is 0.174. The normalized spacial score (nSPS) is 12.1. The summed E-state index contributed by atoms with van der Waals surface area (Å²) in [4.78, 5) is 4.90. The minimum absolute atomic E-state index is 0.253. The van der Waals surface area contributed by atoms with E-state index in [0.717, 1.165) is 51.0 Å². The van der Waals surface area contributed by atoms with E-state index in [1.54, 1.807) is 14.2 Å². The van der Waals surface area contributed by atoms with Gasteiger partial charge in [0.1, 0.15) is 17.3 Å². The highest BCUT2D eigenvalue weighted by atomic mass is 16.7. The van der Waals surface area contributed by atoms with E-state index in [1.807, 2.05) is 83.4 Å². The average Bonchev–Trinajstić information content (AvgIpc) is 3.58. The van der Waals surface area contributed by atoms with Gasteiger partial charge in [-0.25, -0.2) is 4.98 Å². The second kappa shape index (κ2) is 9.14. The number of benzene rings is 3. The fourth-order valence-electron chi connectivity index (χ4n) is 4.20. The van der Waals surface area contributed by atoms with Crippen molar-refractivity contribution in [3.05, 3.63) is 84.4 Å². The zero-order valence-corrected chi connectivity index (χ0v) is 19.9. The van der Waals surface area contributed by atoms with Gasteiger partial charge < -0.3 is 24.3 Å². The van der Waals surface area contributed by atoms with Gasteiger partial charge in [-0.2, -0.15) is 9.61 Å². The van der Waals surface area contributed by atoms with E-state index in [0.29, 0.717) is 18.0 Å². The first-order valence-electron chi connectivity index (χ1n) is 11.5. The van der Waals surface area contributed by atoms with Crippen LogP contribution in [0.4, 0.5) is 5.82 Å². The van der Waals surface area contributed by atoms with Gasteiger partial charge in [0.25, 0.3) is 0 Å². The molecule has 8 nitrogen and oxygen atoms in total. The zero-order chi connectivity index (χ0) is 24.5. The molecule has 1 N–H and O–H groups in total. The molecule has 3 aromatic carbocycles. The number of hydrogen-bond acceptors (Lipinski definition) is 7. The lowest BCUT2D eigenvalue weighted by Crippen LogP contribution is -2.07. The van der Waals surface area contributed by atoms with Crippen LogP contribution in [0.2, 0.25) is 0 Å². The molecule has 1 aliphatic heterocycles. The lowest BCUT2D eigenvalue weighted by atomic mass is 10.1. The standard InChI is InChI=1S/C28H24N4O4/c1-33-21-11-20(12-22(13-21)34-2)24-15-28-30-23(19-6-4-3-5-7-19)14-27(32(28)31-24)29-16-18-8-9-25-26(10-18)36-17-35-25/h3-15,29H,16-17H2,1-2H3. The summed E-state index contributed by atoms with van der Waals surface area (Å²) >= 11 is 0. The molecule has 0 atom stereocenters. The van der Waals surface area contributed by atoms with Gasteiger partial charge in [-0.3, -0.25) is 0 Å². The zero-order valence-electron chi connectivity index (χ0n) is 19.9. The van der Waals surface area contributed by atoms with Gasteiger partial charge in [-0.05, 0) is 29.8 Å². The first kappa shape index (κ1) is 21.8. The molecule has 0 bridgehead atoms. The van der Waals surface area contributed by atoms with E-state index >= 15 is 0 Å². The fraction of sp³-hybridized carbons (Fsp3) is 0.143. The van der Waals surface area contributed by atoms with Crippen molar-refractivity contribution in [1.29, 1.82) is 0 Å². The van der Waals surface area contributed by atoms with Crippen LogP contribution in [0.1, 0.15) is 5.56 Å². The number of methoxy groups -OCH3 is 2. The number of hydrogen-bond donors (Lipinski definition) is 1. The molecule has 36 heavy (non-hydrogen) atoms. The van der Waals surface area contributed by atoms with Crippen molar-refractivity contribution in [1.82, 2.24) is 14.6 Å². The minimum Gasteiger partial charge on any atom is -0.497 e. The topological polar surface area (TPSA) is 79.1 Å². The maximum atomic E-state index is 5.53. The molecule has 5 aromatic rings. The van der Waals surface area contributed by atoms with Gasteiger partial charge in [-0.1, -0.05) is 36.4 Å². The summed E-state index contributed by atoms with van der Waals surface area (Å²) in [5.74, 6) is 3.73. The maximum Gasteiger partial charge on any atom is 0.231 e. The number of nitrogens with one attached hydrogen (secondary N) is 1. The molecule has 180 valence electrons. The van der Waals surface area contributed by atoms with Crippen LogP contribution >= 0.6 is 0 Å². The summed E-state index contributed by atoms with van der Waals surface area (Å²) in [5.41, 5.74) is 5.30. The quantitative estimate of drug-likeness (QED) is 0.333. The maximum absolute atomic E-state index is 5.53. The predicted octanol–water partition coefficient (Wildman–Crippen LogP) is 5.42. The Hall–Kier alpha value is -4.72. The predicted molar refractivity (Wildman–Crippen MR) is 137 cm³/mol. The summed E-state index contributed by atoms with van der Waals surface area (Å²) in [6, 6.07) is 25.7. The number of fused-ring (bicyclic) bond motifs is 2. The Morgan fingerprint density at radius 1 is 0.806 bits per heavy atom. The van der Waals surface area contributed by atoms with Gasteiger partial charge in [0.15, 0.2) is 17.1 Å². The summed E-state index contributed by atoms with van der Waals surface area (Å²) in [6.07, 6.45) is 0. The van der Waals surface area contributed by atoms with Crippen molar-refractivity contribution >= 4 is 11.5 Å². The first-order valence-corrected chi connectivity index (χ1v) is 11.5. The van der Waals surface area contributed by atoms with Crippen molar-refractivity contribution in [3.63, 3.8) is 0 Å². The van der Waals surface area contributed by atoms with Gasteiger partial charge in [0.05, 0.1) is 25.6 Å². The highest BCUT2D eigenvalue weighted by Gasteiger charge is 2.16. The number of rotatable bonds is 7. The lowest BCUT2D eigenvalue weighted by Gasteiger charge is -2.11. The van der Waals surface area contributed by atoms with E-state index in [-0.39, 0.29) is 6.79 Å². The molecule has 6 rings (SSSR count). The Kier molecular flexibility index (Phi) is 5.53. The largest absolute Gasteiger partial charge is 0.497 e. The summed E-state index contributed by atoms with van der Waals surface area (Å²) < 4.78 is 23.7. The Labute approximate surface area is 208 Å². The number of nitrogens with zero attached hydrogens (tertiary/aromatic N) is 3. The van der Waals surface area contributed by atoms with Crippen molar-refractivity contribution in [2.24, 2.45) is 0 Å². The second-order valence-electron chi connectivity index (χ2n) is 8.33. The van der Waals surface area contributed by atoms with Gasteiger partial charge in [0, 0.05) is 35.9 Å². The molecule has 1 aliphatic rings. The van der Waals surface area contributed by atoms with Crippen molar-refractivity contribution < 1.29 is 18.9 Å². The Balaban J connectivity index is 1.42. The number of aromatic nitrogens is 3. The van der Waals surface area contributed by atoms with Crippen molar-refractivity contribution in [3.8, 4) is 45.5 Å². The second-order valence-corrected chi connectivity index (χ2v) is 8.33. The summed E-state index contributed by atoms with van der Waals surface area (Å²) in [6.45, 7) is 0.828. The smallest absolute Gasteiger partial charge is 0.231 e. The number of anilines is 1. The van der Waals surface area contributed by atoms with Crippen LogP contribution in [0, 0.1) is 0 Å². The van der Waals surface area contributed by atoms with Crippen LogP contribution < -0.4 is 24.3 Å². The fourth-order valence-corrected chi connectivity index (χ4v) is 4.20. The van der Waals surface area contributed by atoms with E-state index in [9.17, 15) is 0 Å². The molecular formula is C28H24N4O4. The molecule has 0 saturated heterocycles. The molecule has 3 heterocycles.